The van der Waals surface area contributed by atoms with E-state index >= 15 is 0 Å². The highest BCUT2D eigenvalue weighted by molar-refractivity contribution is 9.10. The van der Waals surface area contributed by atoms with Crippen LogP contribution in [0.5, 0.6) is 0 Å². The Kier molecular flexibility index (Phi) is 3.42. The first-order valence-electron chi connectivity index (χ1n) is 6.23. The average molecular weight is 322 g/mol. The summed E-state index contributed by atoms with van der Waals surface area (Å²) in [6.45, 7) is 0. The van der Waals surface area contributed by atoms with Gasteiger partial charge in [-0.1, -0.05) is 11.6 Å². The van der Waals surface area contributed by atoms with Crippen molar-refractivity contribution in [3.05, 3.63) is 28.7 Å². The second-order valence-electron chi connectivity index (χ2n) is 4.55. The minimum absolute atomic E-state index is 0.196. The Balaban J connectivity index is 1.91. The van der Waals surface area contributed by atoms with Crippen molar-refractivity contribution in [3.8, 4) is 11.5 Å². The van der Waals surface area contributed by atoms with Gasteiger partial charge in [0.1, 0.15) is 11.5 Å². The molecule has 2 aromatic rings. The highest BCUT2D eigenvalue weighted by atomic mass is 79.9. The lowest BCUT2D eigenvalue weighted by atomic mass is 9.88. The van der Waals surface area contributed by atoms with Crippen molar-refractivity contribution in [1.82, 2.24) is 15.1 Å². The normalized spacial score (nSPS) is 19.6. The van der Waals surface area contributed by atoms with E-state index in [1.165, 1.54) is 0 Å². The van der Waals surface area contributed by atoms with Crippen molar-refractivity contribution < 1.29 is 9.32 Å². The molecule has 1 fully saturated rings. The predicted octanol–water partition coefficient (Wildman–Crippen LogP) is 3.12. The van der Waals surface area contributed by atoms with Crippen LogP contribution in [0.4, 0.5) is 0 Å². The third kappa shape index (κ3) is 2.45. The molecule has 0 aromatic carbocycles. The molecule has 1 saturated carbocycles. The van der Waals surface area contributed by atoms with Gasteiger partial charge in [0, 0.05) is 17.1 Å². The van der Waals surface area contributed by atoms with Crippen LogP contribution >= 0.6 is 15.9 Å². The molecule has 2 aromatic heterocycles. The fraction of sp³-hybridized carbons (Fsp3) is 0.385. The Morgan fingerprint density at radius 3 is 3.05 bits per heavy atom. The number of halogens is 1. The monoisotopic (exact) mass is 321 g/mol. The van der Waals surface area contributed by atoms with Crippen molar-refractivity contribution in [3.63, 3.8) is 0 Å². The van der Waals surface area contributed by atoms with Crippen molar-refractivity contribution in [1.29, 1.82) is 0 Å². The maximum Gasteiger partial charge on any atom is 0.237 e. The summed E-state index contributed by atoms with van der Waals surface area (Å²) in [7, 11) is 0. The Morgan fingerprint density at radius 2 is 2.26 bits per heavy atom. The number of Topliss-reactive ketones (excluding diaryl/α,β-unsaturated/α-hetero) is 1. The van der Waals surface area contributed by atoms with Crippen LogP contribution in [0, 0.1) is 0 Å². The number of nitrogens with zero attached hydrogens (tertiary/aromatic N) is 3. The fourth-order valence-electron chi connectivity index (χ4n) is 2.27. The van der Waals surface area contributed by atoms with Gasteiger partial charge in [0.25, 0.3) is 0 Å². The Hall–Kier alpha value is -1.56. The van der Waals surface area contributed by atoms with Gasteiger partial charge in [-0.25, -0.2) is 0 Å². The first-order chi connectivity index (χ1) is 9.25. The van der Waals surface area contributed by atoms with Crippen LogP contribution in [-0.4, -0.2) is 20.9 Å². The maximum atomic E-state index is 11.9. The lowest BCUT2D eigenvalue weighted by molar-refractivity contribution is -0.122. The van der Waals surface area contributed by atoms with Crippen LogP contribution in [0.1, 0.15) is 37.5 Å². The third-order valence-electron chi connectivity index (χ3n) is 3.26. The summed E-state index contributed by atoms with van der Waals surface area (Å²) in [5.41, 5.74) is 0.626. The molecule has 3 rings (SSSR count). The number of aromatic nitrogens is 3. The van der Waals surface area contributed by atoms with Crippen molar-refractivity contribution >= 4 is 21.7 Å². The topological polar surface area (TPSA) is 68.9 Å². The fourth-order valence-corrected chi connectivity index (χ4v) is 2.70. The van der Waals surface area contributed by atoms with Gasteiger partial charge in [0.15, 0.2) is 0 Å². The van der Waals surface area contributed by atoms with Crippen LogP contribution in [0.25, 0.3) is 11.5 Å². The average Bonchev–Trinajstić information content (AvgIpc) is 2.89. The number of ketones is 1. The van der Waals surface area contributed by atoms with Crippen molar-refractivity contribution in [2.24, 2.45) is 0 Å². The Labute approximate surface area is 118 Å². The molecule has 0 radical (unpaired) electrons. The highest BCUT2D eigenvalue weighted by Crippen LogP contribution is 2.31. The van der Waals surface area contributed by atoms with E-state index in [1.807, 2.05) is 12.1 Å². The molecule has 0 spiro atoms. The van der Waals surface area contributed by atoms with Crippen LogP contribution in [0.2, 0.25) is 0 Å². The quantitative estimate of drug-likeness (QED) is 0.850. The van der Waals surface area contributed by atoms with Gasteiger partial charge in [0.2, 0.25) is 11.7 Å². The van der Waals surface area contributed by atoms with E-state index in [1.54, 1.807) is 6.20 Å². The van der Waals surface area contributed by atoms with E-state index in [-0.39, 0.29) is 11.7 Å². The predicted molar refractivity (Wildman–Crippen MR) is 71.4 cm³/mol. The lowest BCUT2D eigenvalue weighted by Gasteiger charge is -2.16. The largest absolute Gasteiger partial charge is 0.338 e. The Bertz CT molecular complexity index is 611. The number of rotatable bonds is 2. The van der Waals surface area contributed by atoms with Gasteiger partial charge in [-0.15, -0.1) is 0 Å². The summed E-state index contributed by atoms with van der Waals surface area (Å²) < 4.78 is 6.04. The molecule has 1 aliphatic carbocycles. The van der Waals surface area contributed by atoms with Gasteiger partial charge in [-0.2, -0.15) is 4.98 Å². The molecule has 19 heavy (non-hydrogen) atoms. The molecular formula is C13H12BrN3O2. The molecule has 2 heterocycles. The summed E-state index contributed by atoms with van der Waals surface area (Å²) in [6.07, 6.45) is 5.06. The summed E-state index contributed by atoms with van der Waals surface area (Å²) >= 11 is 3.40. The minimum atomic E-state index is -0.238. The molecule has 1 aliphatic rings. The van der Waals surface area contributed by atoms with Gasteiger partial charge in [-0.05, 0) is 40.9 Å². The third-order valence-corrected chi connectivity index (χ3v) is 3.90. The first kappa shape index (κ1) is 12.5. The summed E-state index contributed by atoms with van der Waals surface area (Å²) in [5.74, 6) is 0.789. The van der Waals surface area contributed by atoms with E-state index in [0.717, 1.165) is 23.7 Å². The summed E-state index contributed by atoms with van der Waals surface area (Å²) in [6, 6.07) is 3.68. The number of carbonyl (C=O) groups excluding carboxylic acids is 1. The molecule has 5 nitrogen and oxygen atoms in total. The molecule has 0 bridgehead atoms. The molecular weight excluding hydrogens is 310 g/mol. The lowest BCUT2D eigenvalue weighted by Crippen LogP contribution is -2.17. The zero-order valence-corrected chi connectivity index (χ0v) is 11.8. The second-order valence-corrected chi connectivity index (χ2v) is 5.41. The molecule has 1 atom stereocenters. The van der Waals surface area contributed by atoms with Crippen LogP contribution in [0.15, 0.2) is 27.3 Å². The number of pyridine rings is 1. The smallest absolute Gasteiger partial charge is 0.237 e. The zero-order valence-electron chi connectivity index (χ0n) is 10.2. The highest BCUT2D eigenvalue weighted by Gasteiger charge is 2.29. The molecule has 1 unspecified atom stereocenters. The minimum Gasteiger partial charge on any atom is -0.338 e. The van der Waals surface area contributed by atoms with Crippen LogP contribution < -0.4 is 0 Å². The van der Waals surface area contributed by atoms with Crippen molar-refractivity contribution in [2.45, 2.75) is 31.6 Å². The molecule has 0 N–H and O–H groups in total. The van der Waals surface area contributed by atoms with Gasteiger partial charge in [-0.3, -0.25) is 9.78 Å². The number of hydrogen-bond donors (Lipinski definition) is 0. The van der Waals surface area contributed by atoms with E-state index < -0.39 is 0 Å². The molecule has 0 saturated heterocycles. The van der Waals surface area contributed by atoms with Gasteiger partial charge < -0.3 is 4.52 Å². The van der Waals surface area contributed by atoms with Crippen LogP contribution in [-0.2, 0) is 4.79 Å². The van der Waals surface area contributed by atoms with E-state index in [9.17, 15) is 4.79 Å². The SMILES string of the molecule is O=C1CCCCC1c1nc(-c2ncccc2Br)no1. The summed E-state index contributed by atoms with van der Waals surface area (Å²) in [4.78, 5) is 20.4. The Morgan fingerprint density at radius 1 is 1.37 bits per heavy atom. The van der Waals surface area contributed by atoms with E-state index in [2.05, 4.69) is 31.1 Å². The van der Waals surface area contributed by atoms with Crippen molar-refractivity contribution in [2.75, 3.05) is 0 Å². The van der Waals surface area contributed by atoms with E-state index in [4.69, 9.17) is 4.52 Å². The molecule has 0 aliphatic heterocycles. The first-order valence-corrected chi connectivity index (χ1v) is 7.02. The van der Waals surface area contributed by atoms with E-state index in [0.29, 0.717) is 23.8 Å². The number of hydrogen-bond acceptors (Lipinski definition) is 5. The standard InChI is InChI=1S/C13H12BrN3O2/c14-9-5-3-7-15-11(9)12-16-13(19-17-12)8-4-1-2-6-10(8)18/h3,5,7-8H,1-2,4,6H2. The van der Waals surface area contributed by atoms with Gasteiger partial charge >= 0.3 is 0 Å². The van der Waals surface area contributed by atoms with Gasteiger partial charge in [0.05, 0.1) is 5.92 Å². The van der Waals surface area contributed by atoms with Crippen LogP contribution in [0.3, 0.4) is 0 Å². The molecule has 6 heteroatoms. The molecule has 0 amide bonds. The second kappa shape index (κ2) is 5.21. The molecule has 98 valence electrons. The number of carbonyl (C=O) groups is 1. The maximum absolute atomic E-state index is 11.9. The zero-order chi connectivity index (χ0) is 13.2. The summed E-state index contributed by atoms with van der Waals surface area (Å²) in [5, 5.41) is 3.93.